The number of nitrogens with one attached hydrogen (secondary N) is 1. The fraction of sp³-hybridized carbons (Fsp3) is 0.273. The molecule has 84 valence electrons. The number of aromatic nitrogens is 3. The van der Waals surface area contributed by atoms with E-state index in [1.54, 1.807) is 0 Å². The molecule has 2 rings (SSSR count). The molecule has 4 nitrogen and oxygen atoms in total. The SMILES string of the molecule is CNc1nnc(Cc2ccc(Cl)cc2)n1C. The predicted molar refractivity (Wildman–Crippen MR) is 64.8 cm³/mol. The summed E-state index contributed by atoms with van der Waals surface area (Å²) < 4.78 is 1.94. The summed E-state index contributed by atoms with van der Waals surface area (Å²) in [4.78, 5) is 0. The summed E-state index contributed by atoms with van der Waals surface area (Å²) in [7, 11) is 3.77. The number of benzene rings is 1. The van der Waals surface area contributed by atoms with E-state index in [0.29, 0.717) is 0 Å². The maximum atomic E-state index is 5.83. The quantitative estimate of drug-likeness (QED) is 0.888. The van der Waals surface area contributed by atoms with Crippen LogP contribution in [0, 0.1) is 0 Å². The first kappa shape index (κ1) is 11.0. The summed E-state index contributed by atoms with van der Waals surface area (Å²) in [5, 5.41) is 11.9. The molecular weight excluding hydrogens is 224 g/mol. The van der Waals surface area contributed by atoms with Gasteiger partial charge < -0.3 is 9.88 Å². The Morgan fingerprint density at radius 1 is 1.25 bits per heavy atom. The molecule has 0 saturated carbocycles. The van der Waals surface area contributed by atoms with E-state index in [9.17, 15) is 0 Å². The Balaban J connectivity index is 2.20. The normalized spacial score (nSPS) is 10.4. The van der Waals surface area contributed by atoms with Crippen LogP contribution in [0.15, 0.2) is 24.3 Å². The number of halogens is 1. The topological polar surface area (TPSA) is 42.7 Å². The van der Waals surface area contributed by atoms with E-state index in [1.807, 2.05) is 42.9 Å². The second-order valence-corrected chi connectivity index (χ2v) is 3.99. The lowest BCUT2D eigenvalue weighted by Gasteiger charge is -2.03. The molecule has 0 radical (unpaired) electrons. The minimum Gasteiger partial charge on any atom is -0.357 e. The molecule has 0 bridgehead atoms. The van der Waals surface area contributed by atoms with Crippen molar-refractivity contribution in [2.75, 3.05) is 12.4 Å². The molecule has 0 saturated heterocycles. The zero-order valence-corrected chi connectivity index (χ0v) is 9.99. The Morgan fingerprint density at radius 3 is 2.50 bits per heavy atom. The summed E-state index contributed by atoms with van der Waals surface area (Å²) in [6.07, 6.45) is 0.752. The molecule has 0 aliphatic rings. The standard InChI is InChI=1S/C11H13ClN4/c1-13-11-15-14-10(16(11)2)7-8-3-5-9(12)6-4-8/h3-6H,7H2,1-2H3,(H,13,15). The average molecular weight is 237 g/mol. The summed E-state index contributed by atoms with van der Waals surface area (Å²) in [5.41, 5.74) is 1.17. The number of hydrogen-bond acceptors (Lipinski definition) is 3. The Bertz CT molecular complexity index is 475. The van der Waals surface area contributed by atoms with Gasteiger partial charge in [0.1, 0.15) is 5.82 Å². The van der Waals surface area contributed by atoms with Crippen LogP contribution in [0.25, 0.3) is 0 Å². The maximum Gasteiger partial charge on any atom is 0.224 e. The first-order chi connectivity index (χ1) is 7.70. The molecule has 0 aliphatic heterocycles. The molecule has 0 fully saturated rings. The molecule has 0 amide bonds. The lowest BCUT2D eigenvalue weighted by atomic mass is 10.1. The second kappa shape index (κ2) is 4.53. The highest BCUT2D eigenvalue weighted by Gasteiger charge is 2.07. The molecule has 2 aromatic rings. The van der Waals surface area contributed by atoms with Crippen LogP contribution in [0.4, 0.5) is 5.95 Å². The van der Waals surface area contributed by atoms with E-state index in [-0.39, 0.29) is 0 Å². The summed E-state index contributed by atoms with van der Waals surface area (Å²) >= 11 is 5.83. The van der Waals surface area contributed by atoms with Gasteiger partial charge in [-0.2, -0.15) is 0 Å². The van der Waals surface area contributed by atoms with E-state index in [4.69, 9.17) is 11.6 Å². The molecule has 0 aliphatic carbocycles. The molecule has 0 unspecified atom stereocenters. The Morgan fingerprint density at radius 2 is 1.94 bits per heavy atom. The van der Waals surface area contributed by atoms with Gasteiger partial charge in [-0.1, -0.05) is 23.7 Å². The van der Waals surface area contributed by atoms with Crippen molar-refractivity contribution >= 4 is 17.5 Å². The van der Waals surface area contributed by atoms with Crippen LogP contribution in [0.1, 0.15) is 11.4 Å². The third-order valence-corrected chi connectivity index (χ3v) is 2.72. The van der Waals surface area contributed by atoms with E-state index >= 15 is 0 Å². The number of rotatable bonds is 3. The van der Waals surface area contributed by atoms with Gasteiger partial charge in [0.25, 0.3) is 0 Å². The summed E-state index contributed by atoms with van der Waals surface area (Å²) in [6.45, 7) is 0. The van der Waals surface area contributed by atoms with Crippen LogP contribution >= 0.6 is 11.6 Å². The molecule has 1 aromatic carbocycles. The molecular formula is C11H13ClN4. The molecule has 0 spiro atoms. The average Bonchev–Trinajstić information content (AvgIpc) is 2.63. The van der Waals surface area contributed by atoms with Crippen molar-refractivity contribution in [2.45, 2.75) is 6.42 Å². The predicted octanol–water partition coefficient (Wildman–Crippen LogP) is 2.10. The van der Waals surface area contributed by atoms with Crippen LogP contribution in [-0.4, -0.2) is 21.8 Å². The van der Waals surface area contributed by atoms with Gasteiger partial charge in [0.05, 0.1) is 0 Å². The van der Waals surface area contributed by atoms with Gasteiger partial charge in [0, 0.05) is 25.5 Å². The van der Waals surface area contributed by atoms with Crippen LogP contribution in [0.5, 0.6) is 0 Å². The van der Waals surface area contributed by atoms with Crippen LogP contribution in [-0.2, 0) is 13.5 Å². The molecule has 1 heterocycles. The van der Waals surface area contributed by atoms with E-state index < -0.39 is 0 Å². The van der Waals surface area contributed by atoms with Crippen LogP contribution in [0.3, 0.4) is 0 Å². The highest BCUT2D eigenvalue weighted by Crippen LogP contribution is 2.13. The van der Waals surface area contributed by atoms with Crippen molar-refractivity contribution in [3.05, 3.63) is 40.7 Å². The third-order valence-electron chi connectivity index (χ3n) is 2.46. The highest BCUT2D eigenvalue weighted by atomic mass is 35.5. The fourth-order valence-electron chi connectivity index (χ4n) is 1.52. The molecule has 0 atom stereocenters. The maximum absolute atomic E-state index is 5.83. The molecule has 1 N–H and O–H groups in total. The zero-order chi connectivity index (χ0) is 11.5. The summed E-state index contributed by atoms with van der Waals surface area (Å²) in [5.74, 6) is 1.69. The second-order valence-electron chi connectivity index (χ2n) is 3.55. The van der Waals surface area contributed by atoms with Crippen molar-refractivity contribution in [2.24, 2.45) is 7.05 Å². The van der Waals surface area contributed by atoms with Gasteiger partial charge >= 0.3 is 0 Å². The van der Waals surface area contributed by atoms with E-state index in [1.165, 1.54) is 5.56 Å². The van der Waals surface area contributed by atoms with Crippen molar-refractivity contribution < 1.29 is 0 Å². The van der Waals surface area contributed by atoms with E-state index in [0.717, 1.165) is 23.2 Å². The largest absolute Gasteiger partial charge is 0.357 e. The van der Waals surface area contributed by atoms with Crippen LogP contribution in [0.2, 0.25) is 5.02 Å². The lowest BCUT2D eigenvalue weighted by molar-refractivity contribution is 0.825. The van der Waals surface area contributed by atoms with Crippen molar-refractivity contribution in [3.8, 4) is 0 Å². The zero-order valence-electron chi connectivity index (χ0n) is 9.24. The van der Waals surface area contributed by atoms with Gasteiger partial charge in [-0.25, -0.2) is 0 Å². The lowest BCUT2D eigenvalue weighted by Crippen LogP contribution is -2.03. The number of anilines is 1. The minimum atomic E-state index is 0.748. The molecule has 16 heavy (non-hydrogen) atoms. The van der Waals surface area contributed by atoms with Crippen molar-refractivity contribution in [1.29, 1.82) is 0 Å². The van der Waals surface area contributed by atoms with E-state index in [2.05, 4.69) is 15.5 Å². The number of hydrogen-bond donors (Lipinski definition) is 1. The van der Waals surface area contributed by atoms with Crippen LogP contribution < -0.4 is 5.32 Å². The fourth-order valence-corrected chi connectivity index (χ4v) is 1.64. The van der Waals surface area contributed by atoms with Gasteiger partial charge in [-0.3, -0.25) is 0 Å². The smallest absolute Gasteiger partial charge is 0.224 e. The number of nitrogens with zero attached hydrogens (tertiary/aromatic N) is 3. The van der Waals surface area contributed by atoms with Gasteiger partial charge in [-0.15, -0.1) is 10.2 Å². The van der Waals surface area contributed by atoms with Gasteiger partial charge in [-0.05, 0) is 17.7 Å². The summed E-state index contributed by atoms with van der Waals surface area (Å²) in [6, 6.07) is 7.75. The third kappa shape index (κ3) is 2.17. The minimum absolute atomic E-state index is 0.748. The molecule has 1 aromatic heterocycles. The first-order valence-electron chi connectivity index (χ1n) is 5.01. The molecule has 5 heteroatoms. The van der Waals surface area contributed by atoms with Crippen molar-refractivity contribution in [1.82, 2.24) is 14.8 Å². The highest BCUT2D eigenvalue weighted by molar-refractivity contribution is 6.30. The Hall–Kier alpha value is -1.55. The monoisotopic (exact) mass is 236 g/mol. The Labute approximate surface area is 99.3 Å². The van der Waals surface area contributed by atoms with Crippen molar-refractivity contribution in [3.63, 3.8) is 0 Å². The van der Waals surface area contributed by atoms with Gasteiger partial charge in [0.2, 0.25) is 5.95 Å². The first-order valence-corrected chi connectivity index (χ1v) is 5.39. The Kier molecular flexibility index (Phi) is 3.10. The van der Waals surface area contributed by atoms with Gasteiger partial charge in [0.15, 0.2) is 0 Å².